The summed E-state index contributed by atoms with van der Waals surface area (Å²) in [5.41, 5.74) is 1.36. The van der Waals surface area contributed by atoms with Gasteiger partial charge in [0.25, 0.3) is 5.91 Å². The summed E-state index contributed by atoms with van der Waals surface area (Å²) in [6.45, 7) is 2.54. The Morgan fingerprint density at radius 1 is 1.19 bits per heavy atom. The van der Waals surface area contributed by atoms with Crippen molar-refractivity contribution in [2.45, 2.75) is 19.9 Å². The van der Waals surface area contributed by atoms with Crippen LogP contribution in [0.4, 0.5) is 0 Å². The minimum Gasteiger partial charge on any atom is -0.472 e. The van der Waals surface area contributed by atoms with Crippen molar-refractivity contribution in [1.29, 1.82) is 0 Å². The first-order valence-corrected chi connectivity index (χ1v) is 8.16. The molecule has 8 heteroatoms. The van der Waals surface area contributed by atoms with Gasteiger partial charge in [0, 0.05) is 38.1 Å². The molecule has 3 rings (SSSR count). The van der Waals surface area contributed by atoms with Crippen molar-refractivity contribution in [3.63, 3.8) is 0 Å². The van der Waals surface area contributed by atoms with Crippen molar-refractivity contribution >= 4 is 11.8 Å². The van der Waals surface area contributed by atoms with Gasteiger partial charge in [0.1, 0.15) is 17.9 Å². The molecule has 3 aromatic heterocycles. The molecule has 0 aliphatic rings. The van der Waals surface area contributed by atoms with E-state index in [9.17, 15) is 9.59 Å². The van der Waals surface area contributed by atoms with E-state index < -0.39 is 0 Å². The van der Waals surface area contributed by atoms with Crippen molar-refractivity contribution < 1.29 is 14.0 Å². The molecule has 0 saturated heterocycles. The molecule has 3 aromatic rings. The maximum absolute atomic E-state index is 11.9. The van der Waals surface area contributed by atoms with Crippen LogP contribution >= 0.6 is 0 Å². The number of aryl methyl sites for hydroxylation is 1. The average Bonchev–Trinajstić information content (AvgIpc) is 3.32. The third-order valence-electron chi connectivity index (χ3n) is 3.79. The summed E-state index contributed by atoms with van der Waals surface area (Å²) in [7, 11) is 0. The molecule has 0 spiro atoms. The van der Waals surface area contributed by atoms with Gasteiger partial charge in [-0.15, -0.1) is 0 Å². The number of hydrogen-bond acceptors (Lipinski definition) is 5. The van der Waals surface area contributed by atoms with Crippen molar-refractivity contribution in [2.24, 2.45) is 0 Å². The van der Waals surface area contributed by atoms with Gasteiger partial charge in [0.15, 0.2) is 0 Å². The predicted octanol–water partition coefficient (Wildman–Crippen LogP) is 1.61. The topological polar surface area (TPSA) is 102 Å². The van der Waals surface area contributed by atoms with E-state index in [2.05, 4.69) is 20.6 Å². The van der Waals surface area contributed by atoms with Crippen LogP contribution in [0.25, 0.3) is 5.82 Å². The van der Waals surface area contributed by atoms with Gasteiger partial charge in [-0.2, -0.15) is 0 Å². The molecule has 0 saturated carbocycles. The first-order valence-electron chi connectivity index (χ1n) is 8.16. The Labute approximate surface area is 150 Å². The van der Waals surface area contributed by atoms with E-state index in [4.69, 9.17) is 4.42 Å². The summed E-state index contributed by atoms with van der Waals surface area (Å²) in [4.78, 5) is 32.2. The molecule has 134 valence electrons. The summed E-state index contributed by atoms with van der Waals surface area (Å²) in [6.07, 6.45) is 8.23. The Morgan fingerprint density at radius 2 is 2.08 bits per heavy atom. The van der Waals surface area contributed by atoms with E-state index in [-0.39, 0.29) is 24.8 Å². The van der Waals surface area contributed by atoms with E-state index in [1.165, 1.54) is 12.5 Å². The lowest BCUT2D eigenvalue weighted by molar-refractivity contribution is -0.121. The summed E-state index contributed by atoms with van der Waals surface area (Å²) < 4.78 is 6.72. The van der Waals surface area contributed by atoms with Gasteiger partial charge < -0.3 is 15.1 Å². The number of amides is 2. The van der Waals surface area contributed by atoms with Crippen molar-refractivity contribution in [2.75, 3.05) is 6.54 Å². The highest BCUT2D eigenvalue weighted by molar-refractivity contribution is 5.94. The fourth-order valence-electron chi connectivity index (χ4n) is 2.40. The molecule has 8 nitrogen and oxygen atoms in total. The van der Waals surface area contributed by atoms with Crippen LogP contribution in [-0.2, 0) is 11.3 Å². The maximum atomic E-state index is 11.9. The van der Waals surface area contributed by atoms with Crippen molar-refractivity contribution in [3.05, 3.63) is 66.3 Å². The molecule has 0 radical (unpaired) electrons. The summed E-state index contributed by atoms with van der Waals surface area (Å²) >= 11 is 0. The second-order valence-electron chi connectivity index (χ2n) is 5.66. The zero-order chi connectivity index (χ0) is 18.4. The minimum atomic E-state index is -0.263. The fourth-order valence-corrected chi connectivity index (χ4v) is 2.40. The average molecular weight is 353 g/mol. The number of furan rings is 1. The number of carbonyl (C=O) groups is 2. The molecule has 0 unspecified atom stereocenters. The van der Waals surface area contributed by atoms with Crippen LogP contribution in [0.3, 0.4) is 0 Å². The van der Waals surface area contributed by atoms with Crippen LogP contribution in [0, 0.1) is 6.92 Å². The van der Waals surface area contributed by atoms with Crippen LogP contribution in [0.15, 0.2) is 53.7 Å². The molecule has 2 amide bonds. The quantitative estimate of drug-likeness (QED) is 0.672. The van der Waals surface area contributed by atoms with Gasteiger partial charge in [0.05, 0.1) is 11.8 Å². The summed E-state index contributed by atoms with van der Waals surface area (Å²) in [5, 5.41) is 5.50. The first kappa shape index (κ1) is 17.4. The van der Waals surface area contributed by atoms with Gasteiger partial charge in [-0.1, -0.05) is 0 Å². The van der Waals surface area contributed by atoms with E-state index in [1.807, 2.05) is 29.8 Å². The number of carbonyl (C=O) groups excluding carboxylic acids is 2. The summed E-state index contributed by atoms with van der Waals surface area (Å²) in [6, 6.07) is 5.31. The van der Waals surface area contributed by atoms with Crippen LogP contribution in [0.2, 0.25) is 0 Å². The molecule has 0 aliphatic heterocycles. The number of imidazole rings is 1. The molecule has 0 atom stereocenters. The number of aromatic nitrogens is 3. The van der Waals surface area contributed by atoms with Crippen molar-refractivity contribution in [1.82, 2.24) is 25.2 Å². The van der Waals surface area contributed by atoms with Crippen molar-refractivity contribution in [3.8, 4) is 5.82 Å². The number of nitrogens with zero attached hydrogens (tertiary/aromatic N) is 3. The van der Waals surface area contributed by atoms with E-state index in [1.54, 1.807) is 18.5 Å². The molecular formula is C18H19N5O3. The van der Waals surface area contributed by atoms with Gasteiger partial charge in [0.2, 0.25) is 5.91 Å². The number of nitrogens with one attached hydrogen (secondary N) is 2. The molecule has 0 fully saturated rings. The van der Waals surface area contributed by atoms with E-state index >= 15 is 0 Å². The van der Waals surface area contributed by atoms with Crippen LogP contribution in [0.1, 0.15) is 28.2 Å². The zero-order valence-corrected chi connectivity index (χ0v) is 14.3. The van der Waals surface area contributed by atoms with E-state index in [0.29, 0.717) is 12.1 Å². The zero-order valence-electron chi connectivity index (χ0n) is 14.3. The Hall–Kier alpha value is -3.42. The van der Waals surface area contributed by atoms with Gasteiger partial charge in [-0.05, 0) is 30.7 Å². The number of hydrogen-bond donors (Lipinski definition) is 2. The highest BCUT2D eigenvalue weighted by Gasteiger charge is 2.08. The van der Waals surface area contributed by atoms with Crippen LogP contribution < -0.4 is 10.6 Å². The molecule has 26 heavy (non-hydrogen) atoms. The molecule has 3 heterocycles. The van der Waals surface area contributed by atoms with E-state index in [0.717, 1.165) is 17.2 Å². The molecular weight excluding hydrogens is 334 g/mol. The molecule has 0 aliphatic carbocycles. The Bertz CT molecular complexity index is 886. The second kappa shape index (κ2) is 8.11. The lowest BCUT2D eigenvalue weighted by atomic mass is 10.2. The Morgan fingerprint density at radius 3 is 2.81 bits per heavy atom. The fraction of sp³-hybridized carbons (Fsp3) is 0.222. The predicted molar refractivity (Wildman–Crippen MR) is 93.6 cm³/mol. The maximum Gasteiger partial charge on any atom is 0.254 e. The molecule has 0 aromatic carbocycles. The Balaban J connectivity index is 1.46. The van der Waals surface area contributed by atoms with Crippen LogP contribution in [-0.4, -0.2) is 32.9 Å². The lowest BCUT2D eigenvalue weighted by Crippen LogP contribution is -2.30. The standard InChI is InChI=1S/C18H19N5O3/c1-13-19-7-8-23(13)16-10-14(2-5-20-16)11-22-17(24)3-6-21-18(25)15-4-9-26-12-15/h2,4-5,7-10,12H,3,6,11H2,1H3,(H,21,25)(H,22,24). The smallest absolute Gasteiger partial charge is 0.254 e. The second-order valence-corrected chi connectivity index (χ2v) is 5.66. The highest BCUT2D eigenvalue weighted by Crippen LogP contribution is 2.09. The third-order valence-corrected chi connectivity index (χ3v) is 3.79. The Kier molecular flexibility index (Phi) is 5.43. The number of rotatable bonds is 7. The lowest BCUT2D eigenvalue weighted by Gasteiger charge is -2.08. The van der Waals surface area contributed by atoms with Gasteiger partial charge in [-0.3, -0.25) is 14.2 Å². The molecule has 2 N–H and O–H groups in total. The normalized spacial score (nSPS) is 10.5. The first-order chi connectivity index (χ1) is 12.6. The van der Waals surface area contributed by atoms with Crippen LogP contribution in [0.5, 0.6) is 0 Å². The highest BCUT2D eigenvalue weighted by atomic mass is 16.3. The minimum absolute atomic E-state index is 0.144. The summed E-state index contributed by atoms with van der Waals surface area (Å²) in [5.74, 6) is 1.18. The van der Waals surface area contributed by atoms with Gasteiger partial charge >= 0.3 is 0 Å². The SMILES string of the molecule is Cc1nccn1-c1cc(CNC(=O)CCNC(=O)c2ccoc2)ccn1. The number of pyridine rings is 1. The largest absolute Gasteiger partial charge is 0.472 e. The molecule has 0 bridgehead atoms. The third kappa shape index (κ3) is 4.35. The monoisotopic (exact) mass is 353 g/mol. The van der Waals surface area contributed by atoms with Gasteiger partial charge in [-0.25, -0.2) is 9.97 Å².